The van der Waals surface area contributed by atoms with Crippen molar-refractivity contribution < 1.29 is 15.2 Å². The van der Waals surface area contributed by atoms with Gasteiger partial charge < -0.3 is 25.6 Å². The van der Waals surface area contributed by atoms with E-state index in [1.807, 2.05) is 24.3 Å². The predicted molar refractivity (Wildman–Crippen MR) is 149 cm³/mol. The standard InChI is InChI=1S/C25H30N8O3S.H2/c1-4-11-26-24(34)20-17-27-25(28-18-7-5-8-19(16-18)33-12-14-36-15-13-33)31-23(20)30-21-9-6-10-22(29-21)32-37(2,3)35;/h4-10,16-17H,1,11-15H2,2-3H3,(H,26,34)(H2,27,28,29,30,31);1H. The lowest BCUT2D eigenvalue weighted by Crippen LogP contribution is -2.36. The first-order valence-electron chi connectivity index (χ1n) is 11.7. The quantitative estimate of drug-likeness (QED) is 0.358. The Morgan fingerprint density at radius 2 is 1.97 bits per heavy atom. The van der Waals surface area contributed by atoms with Crippen LogP contribution in [0.4, 0.5) is 34.8 Å². The van der Waals surface area contributed by atoms with Gasteiger partial charge in [0.1, 0.15) is 17.2 Å². The van der Waals surface area contributed by atoms with Gasteiger partial charge in [-0.1, -0.05) is 18.2 Å². The van der Waals surface area contributed by atoms with Gasteiger partial charge in [0.05, 0.1) is 13.2 Å². The number of anilines is 5. The number of aromatic nitrogens is 3. The lowest BCUT2D eigenvalue weighted by Gasteiger charge is -2.29. The monoisotopic (exact) mass is 524 g/mol. The molecule has 0 spiro atoms. The number of pyridine rings is 1. The van der Waals surface area contributed by atoms with Crippen LogP contribution in [-0.4, -0.2) is 70.4 Å². The van der Waals surface area contributed by atoms with E-state index in [0.717, 1.165) is 24.5 Å². The molecule has 1 amide bonds. The van der Waals surface area contributed by atoms with Gasteiger partial charge in [-0.25, -0.2) is 14.2 Å². The Bertz CT molecular complexity index is 1400. The Labute approximate surface area is 218 Å². The molecule has 4 rings (SSSR count). The van der Waals surface area contributed by atoms with Crippen molar-refractivity contribution in [3.63, 3.8) is 0 Å². The van der Waals surface area contributed by atoms with E-state index in [9.17, 15) is 9.00 Å². The minimum Gasteiger partial charge on any atom is -0.378 e. The number of hydrogen-bond donors (Lipinski definition) is 3. The second-order valence-corrected chi connectivity index (χ2v) is 11.1. The summed E-state index contributed by atoms with van der Waals surface area (Å²) in [6.45, 7) is 6.97. The van der Waals surface area contributed by atoms with E-state index in [0.29, 0.717) is 37.3 Å². The van der Waals surface area contributed by atoms with Crippen LogP contribution in [0, 0.1) is 0 Å². The summed E-state index contributed by atoms with van der Waals surface area (Å²) in [7, 11) is -2.39. The third-order valence-electron chi connectivity index (χ3n) is 5.21. The summed E-state index contributed by atoms with van der Waals surface area (Å²) in [6.07, 6.45) is 6.10. The normalized spacial score (nSPS) is 13.5. The maximum Gasteiger partial charge on any atom is 0.256 e. The fraction of sp³-hybridized carbons (Fsp3) is 0.280. The van der Waals surface area contributed by atoms with Crippen LogP contribution in [-0.2, 0) is 14.5 Å². The molecule has 0 atom stereocenters. The van der Waals surface area contributed by atoms with Gasteiger partial charge in [0.2, 0.25) is 5.95 Å². The van der Waals surface area contributed by atoms with Gasteiger partial charge in [-0.3, -0.25) is 4.79 Å². The summed E-state index contributed by atoms with van der Waals surface area (Å²) in [4.78, 5) is 28.3. The van der Waals surface area contributed by atoms with Crippen LogP contribution in [0.15, 0.2) is 65.7 Å². The molecule has 0 aliphatic carbocycles. The van der Waals surface area contributed by atoms with Crippen LogP contribution in [0.1, 0.15) is 11.8 Å². The van der Waals surface area contributed by atoms with Crippen molar-refractivity contribution in [2.45, 2.75) is 0 Å². The molecule has 0 unspecified atom stereocenters. The van der Waals surface area contributed by atoms with Crippen LogP contribution >= 0.6 is 0 Å². The van der Waals surface area contributed by atoms with Crippen LogP contribution < -0.4 is 20.9 Å². The highest BCUT2D eigenvalue weighted by Gasteiger charge is 2.16. The molecule has 1 aliphatic rings. The molecule has 1 aromatic carbocycles. The van der Waals surface area contributed by atoms with E-state index in [4.69, 9.17) is 4.74 Å². The van der Waals surface area contributed by atoms with Gasteiger partial charge in [0.15, 0.2) is 5.82 Å². The number of morpholine rings is 1. The Balaban J connectivity index is 0.00000400. The minimum absolute atomic E-state index is 0. The Kier molecular flexibility index (Phi) is 8.31. The van der Waals surface area contributed by atoms with Gasteiger partial charge >= 0.3 is 0 Å². The number of ether oxygens (including phenoxy) is 1. The van der Waals surface area contributed by atoms with Crippen molar-refractivity contribution in [2.75, 3.05) is 60.9 Å². The van der Waals surface area contributed by atoms with Gasteiger partial charge in [-0.2, -0.15) is 9.35 Å². The zero-order valence-corrected chi connectivity index (χ0v) is 21.6. The molecular weight excluding hydrogens is 492 g/mol. The maximum atomic E-state index is 12.8. The molecule has 37 heavy (non-hydrogen) atoms. The molecule has 3 N–H and O–H groups in total. The highest BCUT2D eigenvalue weighted by Crippen LogP contribution is 2.25. The maximum absolute atomic E-state index is 12.8. The van der Waals surface area contributed by atoms with Crippen LogP contribution in [0.2, 0.25) is 0 Å². The number of carbonyl (C=O) groups is 1. The van der Waals surface area contributed by atoms with Crippen LogP contribution in [0.25, 0.3) is 0 Å². The molecule has 11 nitrogen and oxygen atoms in total. The third kappa shape index (κ3) is 7.48. The lowest BCUT2D eigenvalue weighted by atomic mass is 10.2. The lowest BCUT2D eigenvalue weighted by molar-refractivity contribution is 0.0958. The number of nitrogens with one attached hydrogen (secondary N) is 3. The van der Waals surface area contributed by atoms with Crippen LogP contribution in [0.5, 0.6) is 0 Å². The number of amides is 1. The molecule has 1 fully saturated rings. The second kappa shape index (κ2) is 11.8. The van der Waals surface area contributed by atoms with E-state index in [1.54, 1.807) is 24.3 Å². The van der Waals surface area contributed by atoms with Crippen molar-refractivity contribution in [1.82, 2.24) is 20.3 Å². The molecule has 12 heteroatoms. The summed E-state index contributed by atoms with van der Waals surface area (Å²) in [5, 5.41) is 9.04. The van der Waals surface area contributed by atoms with E-state index >= 15 is 0 Å². The molecule has 0 radical (unpaired) electrons. The summed E-state index contributed by atoms with van der Waals surface area (Å²) in [6, 6.07) is 13.0. The Hall–Kier alpha value is -4.03. The summed E-state index contributed by atoms with van der Waals surface area (Å²) < 4.78 is 21.7. The topological polar surface area (TPSA) is 134 Å². The first-order chi connectivity index (χ1) is 17.8. The summed E-state index contributed by atoms with van der Waals surface area (Å²) in [5.41, 5.74) is 2.10. The highest BCUT2D eigenvalue weighted by molar-refractivity contribution is 7.92. The smallest absolute Gasteiger partial charge is 0.256 e. The molecule has 2 aromatic heterocycles. The molecule has 3 aromatic rings. The van der Waals surface area contributed by atoms with E-state index < -0.39 is 9.73 Å². The molecule has 196 valence electrons. The molecule has 0 bridgehead atoms. The van der Waals surface area contributed by atoms with Crippen LogP contribution in [0.3, 0.4) is 0 Å². The zero-order chi connectivity index (χ0) is 26.3. The number of benzene rings is 1. The fourth-order valence-electron chi connectivity index (χ4n) is 3.58. The SMILES string of the molecule is C=CCNC(=O)c1cnc(Nc2cccc(N3CCOCC3)c2)nc1Nc1cccc(N=S(C)(C)=O)n1.[HH]. The minimum atomic E-state index is -2.39. The van der Waals surface area contributed by atoms with E-state index in [-0.39, 0.29) is 18.7 Å². The van der Waals surface area contributed by atoms with Crippen molar-refractivity contribution in [3.8, 4) is 0 Å². The average Bonchev–Trinajstić information content (AvgIpc) is 2.87. The Morgan fingerprint density at radius 3 is 2.73 bits per heavy atom. The number of rotatable bonds is 9. The van der Waals surface area contributed by atoms with Crippen molar-refractivity contribution >= 4 is 50.4 Å². The first-order valence-corrected chi connectivity index (χ1v) is 14.0. The van der Waals surface area contributed by atoms with E-state index in [2.05, 4.69) is 46.7 Å². The van der Waals surface area contributed by atoms with Crippen molar-refractivity contribution in [2.24, 2.45) is 4.36 Å². The first kappa shape index (κ1) is 26.0. The van der Waals surface area contributed by atoms with Crippen molar-refractivity contribution in [1.29, 1.82) is 0 Å². The van der Waals surface area contributed by atoms with Gasteiger partial charge in [-0.05, 0) is 30.3 Å². The molecule has 3 heterocycles. The molecule has 0 saturated carbocycles. The Morgan fingerprint density at radius 1 is 1.19 bits per heavy atom. The van der Waals surface area contributed by atoms with Crippen molar-refractivity contribution in [3.05, 3.63) is 66.9 Å². The number of carbonyl (C=O) groups excluding carboxylic acids is 1. The van der Waals surface area contributed by atoms with Gasteiger partial charge in [0, 0.05) is 60.9 Å². The van der Waals surface area contributed by atoms with Gasteiger partial charge in [0.25, 0.3) is 5.91 Å². The van der Waals surface area contributed by atoms with E-state index in [1.165, 1.54) is 18.7 Å². The second-order valence-electron chi connectivity index (χ2n) is 8.51. The predicted octanol–water partition coefficient (Wildman–Crippen LogP) is 3.72. The van der Waals surface area contributed by atoms with Gasteiger partial charge in [-0.15, -0.1) is 6.58 Å². The average molecular weight is 525 g/mol. The zero-order valence-electron chi connectivity index (χ0n) is 20.8. The number of hydrogen-bond acceptors (Lipinski definition) is 10. The molecular formula is C25H32N8O3S. The molecule has 1 saturated heterocycles. The summed E-state index contributed by atoms with van der Waals surface area (Å²) >= 11 is 0. The summed E-state index contributed by atoms with van der Waals surface area (Å²) in [5.74, 6) is 0.885. The largest absolute Gasteiger partial charge is 0.378 e. The third-order valence-corrected chi connectivity index (χ3v) is 5.84. The number of nitrogens with zero attached hydrogens (tertiary/aromatic N) is 5. The molecule has 1 aliphatic heterocycles. The fourth-order valence-corrected chi connectivity index (χ4v) is 4.14. The highest BCUT2D eigenvalue weighted by atomic mass is 32.2.